The molecule has 2 aromatic rings. The maximum atomic E-state index is 12.7. The zero-order valence-corrected chi connectivity index (χ0v) is 17.2. The SMILES string of the molecule is C=CCN(CC(=O)OC(C)(C)C)C(=O)OCC1c2ccccc2-c2ccccc21. The van der Waals surface area contributed by atoms with Gasteiger partial charge in [-0.15, -0.1) is 6.58 Å². The van der Waals surface area contributed by atoms with Crippen molar-refractivity contribution in [2.45, 2.75) is 32.3 Å². The molecule has 3 rings (SSSR count). The lowest BCUT2D eigenvalue weighted by atomic mass is 9.98. The first kappa shape index (κ1) is 20.6. The van der Waals surface area contributed by atoms with Gasteiger partial charge in [0.1, 0.15) is 18.8 Å². The summed E-state index contributed by atoms with van der Waals surface area (Å²) in [5, 5.41) is 0. The maximum Gasteiger partial charge on any atom is 0.410 e. The first-order chi connectivity index (χ1) is 13.8. The summed E-state index contributed by atoms with van der Waals surface area (Å²) in [5.41, 5.74) is 4.01. The number of nitrogens with zero attached hydrogens (tertiary/aromatic N) is 1. The minimum atomic E-state index is -0.613. The second kappa shape index (κ2) is 8.52. The Labute approximate surface area is 171 Å². The number of ether oxygens (including phenoxy) is 2. The van der Waals surface area contributed by atoms with Gasteiger partial charge in [0, 0.05) is 12.5 Å². The standard InChI is InChI=1S/C24H27NO4/c1-5-14-25(15-22(26)29-24(2,3)4)23(27)28-16-21-19-12-8-6-10-17(19)18-11-7-9-13-20(18)21/h5-13,21H,1,14-16H2,2-4H3. The highest BCUT2D eigenvalue weighted by molar-refractivity contribution is 5.80. The Balaban J connectivity index is 1.70. The molecule has 1 aliphatic rings. The number of carbonyl (C=O) groups is 2. The molecular weight excluding hydrogens is 366 g/mol. The predicted molar refractivity (Wildman–Crippen MR) is 113 cm³/mol. The molecule has 0 radical (unpaired) electrons. The van der Waals surface area contributed by atoms with E-state index in [1.165, 1.54) is 16.0 Å². The van der Waals surface area contributed by atoms with E-state index in [2.05, 4.69) is 30.8 Å². The molecule has 0 fully saturated rings. The number of carbonyl (C=O) groups excluding carboxylic acids is 2. The first-order valence-corrected chi connectivity index (χ1v) is 9.73. The van der Waals surface area contributed by atoms with Crippen molar-refractivity contribution >= 4 is 12.1 Å². The van der Waals surface area contributed by atoms with Gasteiger partial charge < -0.3 is 9.47 Å². The lowest BCUT2D eigenvalue weighted by Crippen LogP contribution is -2.39. The summed E-state index contributed by atoms with van der Waals surface area (Å²) in [6.07, 6.45) is 1.00. The number of benzene rings is 2. The second-order valence-electron chi connectivity index (χ2n) is 8.06. The highest BCUT2D eigenvalue weighted by Gasteiger charge is 2.30. The third-order valence-corrected chi connectivity index (χ3v) is 4.68. The number of rotatable bonds is 6. The fraction of sp³-hybridized carbons (Fsp3) is 0.333. The zero-order valence-electron chi connectivity index (χ0n) is 17.2. The van der Waals surface area contributed by atoms with E-state index in [1.54, 1.807) is 26.8 Å². The summed E-state index contributed by atoms with van der Waals surface area (Å²) >= 11 is 0. The van der Waals surface area contributed by atoms with E-state index in [4.69, 9.17) is 9.47 Å². The molecule has 1 amide bonds. The largest absolute Gasteiger partial charge is 0.459 e. The monoisotopic (exact) mass is 393 g/mol. The molecule has 0 aromatic heterocycles. The normalized spacial score (nSPS) is 12.7. The molecule has 152 valence electrons. The summed E-state index contributed by atoms with van der Waals surface area (Å²) < 4.78 is 10.9. The number of hydrogen-bond acceptors (Lipinski definition) is 4. The van der Waals surface area contributed by atoms with E-state index in [9.17, 15) is 9.59 Å². The summed E-state index contributed by atoms with van der Waals surface area (Å²) in [4.78, 5) is 26.1. The minimum Gasteiger partial charge on any atom is -0.459 e. The van der Waals surface area contributed by atoms with Crippen molar-refractivity contribution in [3.8, 4) is 11.1 Å². The van der Waals surface area contributed by atoms with Crippen molar-refractivity contribution in [3.05, 3.63) is 72.3 Å². The molecule has 0 saturated carbocycles. The van der Waals surface area contributed by atoms with Gasteiger partial charge in [0.15, 0.2) is 0 Å². The van der Waals surface area contributed by atoms with E-state index in [0.717, 1.165) is 11.1 Å². The van der Waals surface area contributed by atoms with Crippen molar-refractivity contribution in [2.24, 2.45) is 0 Å². The summed E-state index contributed by atoms with van der Waals surface area (Å²) in [5.74, 6) is -0.508. The smallest absolute Gasteiger partial charge is 0.410 e. The molecule has 0 unspecified atom stereocenters. The topological polar surface area (TPSA) is 55.8 Å². The number of hydrogen-bond donors (Lipinski definition) is 0. The fourth-order valence-corrected chi connectivity index (χ4v) is 3.57. The minimum absolute atomic E-state index is 0.0292. The van der Waals surface area contributed by atoms with E-state index >= 15 is 0 Å². The van der Waals surface area contributed by atoms with Gasteiger partial charge in [-0.25, -0.2) is 4.79 Å². The van der Waals surface area contributed by atoms with Gasteiger partial charge in [-0.05, 0) is 43.0 Å². The average molecular weight is 393 g/mol. The third-order valence-electron chi connectivity index (χ3n) is 4.68. The van der Waals surface area contributed by atoms with Crippen molar-refractivity contribution in [3.63, 3.8) is 0 Å². The fourth-order valence-electron chi connectivity index (χ4n) is 3.57. The van der Waals surface area contributed by atoms with Crippen LogP contribution in [0.3, 0.4) is 0 Å². The third kappa shape index (κ3) is 4.86. The average Bonchev–Trinajstić information content (AvgIpc) is 2.98. The number of amides is 1. The van der Waals surface area contributed by atoms with Gasteiger partial charge in [0.25, 0.3) is 0 Å². The van der Waals surface area contributed by atoms with Gasteiger partial charge in [-0.3, -0.25) is 9.69 Å². The molecule has 0 heterocycles. The molecule has 0 aliphatic heterocycles. The van der Waals surface area contributed by atoms with Crippen LogP contribution in [0.5, 0.6) is 0 Å². The van der Waals surface area contributed by atoms with Crippen LogP contribution < -0.4 is 0 Å². The van der Waals surface area contributed by atoms with Gasteiger partial charge in [-0.2, -0.15) is 0 Å². The Bertz CT molecular complexity index is 868. The molecule has 5 nitrogen and oxygen atoms in total. The van der Waals surface area contributed by atoms with Gasteiger partial charge in [0.2, 0.25) is 0 Å². The Morgan fingerprint density at radius 2 is 1.59 bits per heavy atom. The molecule has 5 heteroatoms. The summed E-state index contributed by atoms with van der Waals surface area (Å²) in [6, 6.07) is 16.3. The molecule has 0 bridgehead atoms. The second-order valence-corrected chi connectivity index (χ2v) is 8.06. The molecule has 2 aromatic carbocycles. The van der Waals surface area contributed by atoms with Gasteiger partial charge in [0.05, 0.1) is 0 Å². The van der Waals surface area contributed by atoms with E-state index in [-0.39, 0.29) is 25.6 Å². The lowest BCUT2D eigenvalue weighted by molar-refractivity contribution is -0.155. The Morgan fingerprint density at radius 3 is 2.10 bits per heavy atom. The van der Waals surface area contributed by atoms with Gasteiger partial charge in [-0.1, -0.05) is 54.6 Å². The highest BCUT2D eigenvalue weighted by atomic mass is 16.6. The van der Waals surface area contributed by atoms with Gasteiger partial charge >= 0.3 is 12.1 Å². The molecule has 29 heavy (non-hydrogen) atoms. The summed E-state index contributed by atoms with van der Waals surface area (Å²) in [6.45, 7) is 9.25. The molecule has 1 aliphatic carbocycles. The first-order valence-electron chi connectivity index (χ1n) is 9.73. The van der Waals surface area contributed by atoms with Crippen LogP contribution in [-0.2, 0) is 14.3 Å². The quantitative estimate of drug-likeness (QED) is 0.524. The molecule has 0 saturated heterocycles. The van der Waals surface area contributed by atoms with Crippen LogP contribution in [0.4, 0.5) is 4.79 Å². The van der Waals surface area contributed by atoms with Crippen LogP contribution in [-0.4, -0.2) is 42.3 Å². The molecule has 0 spiro atoms. The van der Waals surface area contributed by atoms with Crippen molar-refractivity contribution in [1.82, 2.24) is 4.90 Å². The summed E-state index contributed by atoms with van der Waals surface area (Å²) in [7, 11) is 0. The van der Waals surface area contributed by atoms with Crippen LogP contribution in [0.1, 0.15) is 37.8 Å². The van der Waals surface area contributed by atoms with E-state index < -0.39 is 17.7 Å². The molecule has 0 atom stereocenters. The van der Waals surface area contributed by atoms with Crippen LogP contribution in [0.15, 0.2) is 61.2 Å². The van der Waals surface area contributed by atoms with Crippen molar-refractivity contribution in [2.75, 3.05) is 19.7 Å². The van der Waals surface area contributed by atoms with Crippen molar-refractivity contribution in [1.29, 1.82) is 0 Å². The Morgan fingerprint density at radius 1 is 1.03 bits per heavy atom. The number of fused-ring (bicyclic) bond motifs is 3. The van der Waals surface area contributed by atoms with Crippen molar-refractivity contribution < 1.29 is 19.1 Å². The maximum absolute atomic E-state index is 12.7. The predicted octanol–water partition coefficient (Wildman–Crippen LogP) is 4.77. The van der Waals surface area contributed by atoms with E-state index in [0.29, 0.717) is 0 Å². The molecular formula is C24H27NO4. The van der Waals surface area contributed by atoms with Crippen LogP contribution in [0, 0.1) is 0 Å². The van der Waals surface area contributed by atoms with Crippen LogP contribution in [0.25, 0.3) is 11.1 Å². The zero-order chi connectivity index (χ0) is 21.0. The Hall–Kier alpha value is -3.08. The van der Waals surface area contributed by atoms with E-state index in [1.807, 2.05) is 24.3 Å². The molecule has 0 N–H and O–H groups in total. The Kier molecular flexibility index (Phi) is 6.06. The van der Waals surface area contributed by atoms with Crippen LogP contribution in [0.2, 0.25) is 0 Å². The number of esters is 1. The lowest BCUT2D eigenvalue weighted by Gasteiger charge is -2.24. The van der Waals surface area contributed by atoms with Crippen LogP contribution >= 0.6 is 0 Å². The highest BCUT2D eigenvalue weighted by Crippen LogP contribution is 2.44.